The van der Waals surface area contributed by atoms with Crippen molar-refractivity contribution in [2.24, 2.45) is 0 Å². The Hall–Kier alpha value is -3.35. The number of anilines is 1. The van der Waals surface area contributed by atoms with Crippen LogP contribution < -0.4 is 20.4 Å². The van der Waals surface area contributed by atoms with Gasteiger partial charge in [0.15, 0.2) is 0 Å². The number of fused-ring (bicyclic) bond motifs is 3. The molecule has 0 spiro atoms. The van der Waals surface area contributed by atoms with E-state index in [0.29, 0.717) is 39.4 Å². The minimum atomic E-state index is -0.531. The Morgan fingerprint density at radius 2 is 2.13 bits per heavy atom. The molecule has 1 aliphatic rings. The fourth-order valence-electron chi connectivity index (χ4n) is 3.83. The maximum Gasteiger partial charge on any atom is 0.340 e. The van der Waals surface area contributed by atoms with Crippen molar-refractivity contribution in [2.75, 3.05) is 12.4 Å². The second-order valence-corrected chi connectivity index (χ2v) is 8.05. The highest BCUT2D eigenvalue weighted by Crippen LogP contribution is 2.43. The fraction of sp³-hybridized carbons (Fsp3) is 0.348. The van der Waals surface area contributed by atoms with Crippen molar-refractivity contribution in [2.45, 2.75) is 45.6 Å². The molecule has 0 saturated heterocycles. The average molecular weight is 408 g/mol. The first kappa shape index (κ1) is 19.9. The molecule has 0 fully saturated rings. The number of nitrogens with one attached hydrogen (secondary N) is 1. The molecule has 7 nitrogen and oxygen atoms in total. The second kappa shape index (κ2) is 7.48. The van der Waals surface area contributed by atoms with E-state index in [1.807, 2.05) is 26.8 Å². The number of aryl methyl sites for hydroxylation is 2. The highest BCUT2D eigenvalue weighted by Gasteiger charge is 2.31. The second-order valence-electron chi connectivity index (χ2n) is 8.05. The van der Waals surface area contributed by atoms with Crippen LogP contribution in [0.3, 0.4) is 0 Å². The molecule has 1 amide bonds. The summed E-state index contributed by atoms with van der Waals surface area (Å²) in [7, 11) is 1.56. The Bertz CT molecular complexity index is 1180. The first-order valence-corrected chi connectivity index (χ1v) is 9.85. The topological polar surface area (TPSA) is 90.7 Å². The molecule has 0 unspecified atom stereocenters. The van der Waals surface area contributed by atoms with E-state index in [0.717, 1.165) is 18.4 Å². The summed E-state index contributed by atoms with van der Waals surface area (Å²) in [5, 5.41) is 3.39. The lowest BCUT2D eigenvalue weighted by Gasteiger charge is -2.33. The van der Waals surface area contributed by atoms with Gasteiger partial charge in [-0.25, -0.2) is 9.78 Å². The lowest BCUT2D eigenvalue weighted by Crippen LogP contribution is -2.32. The molecule has 3 heterocycles. The lowest BCUT2D eigenvalue weighted by atomic mass is 9.91. The normalized spacial score (nSPS) is 14.7. The molecule has 1 aromatic carbocycles. The molecule has 0 radical (unpaired) electrons. The van der Waals surface area contributed by atoms with Crippen LogP contribution >= 0.6 is 0 Å². The molecule has 0 bridgehead atoms. The molecule has 0 aliphatic carbocycles. The number of nitrogens with zero attached hydrogens (tertiary/aromatic N) is 1. The summed E-state index contributed by atoms with van der Waals surface area (Å²) in [6.45, 7) is 5.86. The van der Waals surface area contributed by atoms with Gasteiger partial charge < -0.3 is 19.2 Å². The number of aromatic nitrogens is 1. The Morgan fingerprint density at radius 3 is 2.83 bits per heavy atom. The number of carbonyl (C=O) groups is 1. The number of benzene rings is 1. The Morgan fingerprint density at radius 1 is 1.33 bits per heavy atom. The van der Waals surface area contributed by atoms with Gasteiger partial charge in [0, 0.05) is 17.8 Å². The highest BCUT2D eigenvalue weighted by molar-refractivity contribution is 5.95. The van der Waals surface area contributed by atoms with Gasteiger partial charge >= 0.3 is 5.63 Å². The van der Waals surface area contributed by atoms with Gasteiger partial charge in [-0.15, -0.1) is 0 Å². The summed E-state index contributed by atoms with van der Waals surface area (Å²) in [6.07, 6.45) is 3.00. The molecule has 156 valence electrons. The summed E-state index contributed by atoms with van der Waals surface area (Å²) < 4.78 is 17.4. The Balaban J connectivity index is 1.78. The predicted molar refractivity (Wildman–Crippen MR) is 113 cm³/mol. The van der Waals surface area contributed by atoms with Gasteiger partial charge in [-0.2, -0.15) is 0 Å². The molecule has 1 N–H and O–H groups in total. The number of pyridine rings is 1. The molecule has 2 aromatic heterocycles. The molecule has 1 aliphatic heterocycles. The van der Waals surface area contributed by atoms with E-state index in [1.165, 1.54) is 0 Å². The van der Waals surface area contributed by atoms with Gasteiger partial charge in [0.05, 0.1) is 24.5 Å². The fourth-order valence-corrected chi connectivity index (χ4v) is 3.83. The summed E-state index contributed by atoms with van der Waals surface area (Å²) in [5.41, 5.74) is 1.46. The number of amides is 1. The molecule has 7 heteroatoms. The number of ether oxygens (including phenoxy) is 2. The van der Waals surface area contributed by atoms with E-state index in [1.54, 1.807) is 31.5 Å². The van der Waals surface area contributed by atoms with Crippen LogP contribution in [-0.2, 0) is 17.6 Å². The zero-order valence-electron chi connectivity index (χ0n) is 17.5. The van der Waals surface area contributed by atoms with Gasteiger partial charge in [-0.3, -0.25) is 4.79 Å². The minimum Gasteiger partial charge on any atom is -0.496 e. The van der Waals surface area contributed by atoms with Crippen LogP contribution in [0.4, 0.5) is 5.82 Å². The first-order valence-electron chi connectivity index (χ1n) is 9.85. The molecule has 30 heavy (non-hydrogen) atoms. The third-order valence-electron chi connectivity index (χ3n) is 5.43. The zero-order chi connectivity index (χ0) is 21.5. The van der Waals surface area contributed by atoms with Crippen molar-refractivity contribution in [1.82, 2.24) is 4.98 Å². The van der Waals surface area contributed by atoms with Gasteiger partial charge in [0.1, 0.15) is 28.5 Å². The number of carbonyl (C=O) groups excluding carboxylic acids is 1. The van der Waals surface area contributed by atoms with Crippen molar-refractivity contribution in [3.05, 3.63) is 57.6 Å². The van der Waals surface area contributed by atoms with Crippen molar-refractivity contribution in [3.63, 3.8) is 0 Å². The Labute approximate surface area is 174 Å². The smallest absolute Gasteiger partial charge is 0.340 e. The van der Waals surface area contributed by atoms with Crippen LogP contribution in [0.25, 0.3) is 11.0 Å². The van der Waals surface area contributed by atoms with Gasteiger partial charge in [0.2, 0.25) is 5.91 Å². The quantitative estimate of drug-likeness (QED) is 0.661. The molecule has 3 aromatic rings. The number of methoxy groups -OCH3 is 1. The van der Waals surface area contributed by atoms with Crippen molar-refractivity contribution < 1.29 is 18.7 Å². The molecule has 0 atom stereocenters. The van der Waals surface area contributed by atoms with Gasteiger partial charge in [-0.05, 0) is 51.3 Å². The third-order valence-corrected chi connectivity index (χ3v) is 5.43. The number of hydrogen-bond donors (Lipinski definition) is 1. The van der Waals surface area contributed by atoms with Crippen LogP contribution in [-0.4, -0.2) is 23.6 Å². The van der Waals surface area contributed by atoms with Crippen molar-refractivity contribution in [1.29, 1.82) is 0 Å². The van der Waals surface area contributed by atoms with Crippen LogP contribution in [0.15, 0.2) is 39.7 Å². The van der Waals surface area contributed by atoms with Gasteiger partial charge in [-0.1, -0.05) is 6.07 Å². The van der Waals surface area contributed by atoms with E-state index in [-0.39, 0.29) is 17.9 Å². The molecule has 0 saturated carbocycles. The Kier molecular flexibility index (Phi) is 4.97. The lowest BCUT2D eigenvalue weighted by molar-refractivity contribution is -0.115. The summed E-state index contributed by atoms with van der Waals surface area (Å²) in [6, 6.07) is 7.05. The SMILES string of the molecule is COc1cc2c(c3oc(=O)c(CC(=O)Nc4ccccn4)c(C)c13)CCC(C)(C)O2. The summed E-state index contributed by atoms with van der Waals surface area (Å²) in [4.78, 5) is 29.4. The standard InChI is InChI=1S/C23H24N2O5/c1-13-15(11-19(26)25-18-7-5-6-10-24-18)22(27)29-21-14-8-9-23(2,3)30-16(14)12-17(28-4)20(13)21/h5-7,10,12H,8-9,11H2,1-4H3,(H,24,25,26). The third kappa shape index (κ3) is 3.63. The molecule has 4 rings (SSSR count). The number of rotatable bonds is 4. The van der Waals surface area contributed by atoms with Crippen LogP contribution in [0.2, 0.25) is 0 Å². The molecular formula is C23H24N2O5. The summed E-state index contributed by atoms with van der Waals surface area (Å²) >= 11 is 0. The monoisotopic (exact) mass is 408 g/mol. The van der Waals surface area contributed by atoms with Crippen molar-refractivity contribution in [3.8, 4) is 11.5 Å². The largest absolute Gasteiger partial charge is 0.496 e. The van der Waals surface area contributed by atoms with E-state index < -0.39 is 5.63 Å². The molecular weight excluding hydrogens is 384 g/mol. The van der Waals surface area contributed by atoms with Crippen LogP contribution in [0, 0.1) is 6.92 Å². The van der Waals surface area contributed by atoms with E-state index in [2.05, 4.69) is 10.3 Å². The average Bonchev–Trinajstić information content (AvgIpc) is 2.70. The van der Waals surface area contributed by atoms with E-state index >= 15 is 0 Å². The van der Waals surface area contributed by atoms with E-state index in [4.69, 9.17) is 13.9 Å². The first-order chi connectivity index (χ1) is 14.3. The maximum atomic E-state index is 12.8. The van der Waals surface area contributed by atoms with Crippen molar-refractivity contribution >= 4 is 22.7 Å². The zero-order valence-corrected chi connectivity index (χ0v) is 17.5. The summed E-state index contributed by atoms with van der Waals surface area (Å²) in [5.74, 6) is 1.30. The van der Waals surface area contributed by atoms with Crippen LogP contribution in [0.5, 0.6) is 11.5 Å². The van der Waals surface area contributed by atoms with Gasteiger partial charge in [0.25, 0.3) is 0 Å². The van der Waals surface area contributed by atoms with Crippen LogP contribution in [0.1, 0.15) is 37.0 Å². The highest BCUT2D eigenvalue weighted by atomic mass is 16.5. The maximum absolute atomic E-state index is 12.8. The number of hydrogen-bond acceptors (Lipinski definition) is 6. The predicted octanol–water partition coefficient (Wildman–Crippen LogP) is 3.79. The minimum absolute atomic E-state index is 0.121. The van der Waals surface area contributed by atoms with E-state index in [9.17, 15) is 9.59 Å².